The van der Waals surface area contributed by atoms with Crippen LogP contribution in [0.5, 0.6) is 0 Å². The van der Waals surface area contributed by atoms with Crippen LogP contribution < -0.4 is 10.2 Å². The standard InChI is InChI=1S/C26H28N8/c1-16(2)30-19-8-17(11-27-13-19)18-9-21-25(32-33-26(21)29-12-18)22-10-20-23(31-22)14-28-15-24(20)34-6-4-3-5-7-34/h8-16,30-31H,3-7H2,1-2H3,(H,29,32,33). The lowest BCUT2D eigenvalue weighted by Crippen LogP contribution is -2.29. The Morgan fingerprint density at radius 1 is 0.882 bits per heavy atom. The Morgan fingerprint density at radius 2 is 1.71 bits per heavy atom. The summed E-state index contributed by atoms with van der Waals surface area (Å²) in [7, 11) is 0. The lowest BCUT2D eigenvalue weighted by molar-refractivity contribution is 0.578. The zero-order chi connectivity index (χ0) is 23.1. The first kappa shape index (κ1) is 20.7. The van der Waals surface area contributed by atoms with Crippen molar-refractivity contribution in [3.8, 4) is 22.5 Å². The molecule has 8 heteroatoms. The molecule has 0 aliphatic carbocycles. The molecule has 1 fully saturated rings. The van der Waals surface area contributed by atoms with Gasteiger partial charge in [-0.05, 0) is 51.3 Å². The van der Waals surface area contributed by atoms with Gasteiger partial charge in [0.15, 0.2) is 5.65 Å². The third-order valence-electron chi connectivity index (χ3n) is 6.43. The average Bonchev–Trinajstić information content (AvgIpc) is 3.48. The van der Waals surface area contributed by atoms with Crippen molar-refractivity contribution in [2.45, 2.75) is 39.2 Å². The van der Waals surface area contributed by atoms with Crippen molar-refractivity contribution in [2.75, 3.05) is 23.3 Å². The van der Waals surface area contributed by atoms with E-state index < -0.39 is 0 Å². The van der Waals surface area contributed by atoms with Crippen LogP contribution in [0.15, 0.2) is 49.2 Å². The summed E-state index contributed by atoms with van der Waals surface area (Å²) in [4.78, 5) is 19.5. The fraction of sp³-hybridized carbons (Fsp3) is 0.308. The van der Waals surface area contributed by atoms with E-state index in [-0.39, 0.29) is 0 Å². The quantitative estimate of drug-likeness (QED) is 0.331. The van der Waals surface area contributed by atoms with Gasteiger partial charge in [0.05, 0.1) is 40.7 Å². The van der Waals surface area contributed by atoms with Gasteiger partial charge in [-0.1, -0.05) is 0 Å². The summed E-state index contributed by atoms with van der Waals surface area (Å²) in [5.41, 5.74) is 7.84. The predicted molar refractivity (Wildman–Crippen MR) is 137 cm³/mol. The maximum atomic E-state index is 4.61. The average molecular weight is 453 g/mol. The summed E-state index contributed by atoms with van der Waals surface area (Å²) < 4.78 is 0. The van der Waals surface area contributed by atoms with Gasteiger partial charge in [0, 0.05) is 59.6 Å². The molecule has 1 saturated heterocycles. The number of rotatable bonds is 5. The fourth-order valence-corrected chi connectivity index (χ4v) is 4.83. The number of hydrogen-bond acceptors (Lipinski definition) is 6. The zero-order valence-corrected chi connectivity index (χ0v) is 19.5. The third-order valence-corrected chi connectivity index (χ3v) is 6.43. The molecule has 0 aromatic carbocycles. The largest absolute Gasteiger partial charge is 0.382 e. The highest BCUT2D eigenvalue weighted by atomic mass is 15.2. The van der Waals surface area contributed by atoms with Crippen molar-refractivity contribution < 1.29 is 0 Å². The molecule has 0 unspecified atom stereocenters. The first-order valence-corrected chi connectivity index (χ1v) is 11.9. The van der Waals surface area contributed by atoms with E-state index >= 15 is 0 Å². The van der Waals surface area contributed by atoms with Crippen molar-refractivity contribution in [1.29, 1.82) is 0 Å². The van der Waals surface area contributed by atoms with E-state index in [0.717, 1.165) is 52.2 Å². The zero-order valence-electron chi connectivity index (χ0n) is 19.5. The van der Waals surface area contributed by atoms with Gasteiger partial charge in [-0.2, -0.15) is 5.10 Å². The van der Waals surface area contributed by atoms with Crippen molar-refractivity contribution in [1.82, 2.24) is 30.1 Å². The SMILES string of the molecule is CC(C)Nc1cncc(-c2cnc3n[nH]c(-c4cc5c(N6CCCCC6)cncc5[nH]4)c3c2)c1. The van der Waals surface area contributed by atoms with E-state index in [4.69, 9.17) is 0 Å². The van der Waals surface area contributed by atoms with Crippen LogP contribution >= 0.6 is 0 Å². The number of nitrogens with one attached hydrogen (secondary N) is 3. The second-order valence-corrected chi connectivity index (χ2v) is 9.31. The Morgan fingerprint density at radius 3 is 2.56 bits per heavy atom. The van der Waals surface area contributed by atoms with Crippen LogP contribution in [0.25, 0.3) is 44.5 Å². The number of H-pyrrole nitrogens is 2. The maximum Gasteiger partial charge on any atom is 0.181 e. The molecule has 3 N–H and O–H groups in total. The molecule has 6 heterocycles. The highest BCUT2D eigenvalue weighted by Gasteiger charge is 2.18. The van der Waals surface area contributed by atoms with Crippen LogP contribution in [0.4, 0.5) is 11.4 Å². The number of pyridine rings is 3. The maximum absolute atomic E-state index is 4.61. The van der Waals surface area contributed by atoms with Gasteiger partial charge in [-0.3, -0.25) is 15.1 Å². The summed E-state index contributed by atoms with van der Waals surface area (Å²) in [5, 5.41) is 13.2. The Kier molecular flexibility index (Phi) is 5.13. The van der Waals surface area contributed by atoms with Crippen molar-refractivity contribution in [3.05, 3.63) is 49.2 Å². The van der Waals surface area contributed by atoms with Gasteiger partial charge in [0.25, 0.3) is 0 Å². The molecule has 0 saturated carbocycles. The topological polar surface area (TPSA) is 98.4 Å². The number of nitrogens with zero attached hydrogens (tertiary/aromatic N) is 5. The number of aromatic amines is 2. The normalized spacial score (nSPS) is 14.4. The number of piperidine rings is 1. The second-order valence-electron chi connectivity index (χ2n) is 9.31. The van der Waals surface area contributed by atoms with Gasteiger partial charge in [0.1, 0.15) is 0 Å². The molecule has 6 rings (SSSR count). The van der Waals surface area contributed by atoms with Crippen LogP contribution in [-0.4, -0.2) is 49.3 Å². The van der Waals surface area contributed by atoms with Crippen LogP contribution in [0, 0.1) is 0 Å². The molecule has 0 spiro atoms. The van der Waals surface area contributed by atoms with Gasteiger partial charge in [-0.15, -0.1) is 0 Å². The summed E-state index contributed by atoms with van der Waals surface area (Å²) in [6, 6.07) is 6.78. The second kappa shape index (κ2) is 8.44. The van der Waals surface area contributed by atoms with Crippen molar-refractivity contribution in [2.24, 2.45) is 0 Å². The molecule has 0 amide bonds. The summed E-state index contributed by atoms with van der Waals surface area (Å²) in [6.07, 6.45) is 13.2. The Labute approximate surface area is 197 Å². The summed E-state index contributed by atoms with van der Waals surface area (Å²) in [6.45, 7) is 6.40. The lowest BCUT2D eigenvalue weighted by Gasteiger charge is -2.28. The molecule has 5 aromatic rings. The molecule has 1 aliphatic heterocycles. The molecule has 5 aromatic heterocycles. The number of hydrogen-bond donors (Lipinski definition) is 3. The minimum atomic E-state index is 0.337. The Bertz CT molecular complexity index is 1460. The van der Waals surface area contributed by atoms with Crippen LogP contribution in [0.3, 0.4) is 0 Å². The Hall–Kier alpha value is -3.94. The number of anilines is 2. The highest BCUT2D eigenvalue weighted by Crippen LogP contribution is 2.34. The minimum absolute atomic E-state index is 0.337. The number of fused-ring (bicyclic) bond motifs is 2. The molecule has 0 bridgehead atoms. The third kappa shape index (κ3) is 3.75. The van der Waals surface area contributed by atoms with Crippen molar-refractivity contribution >= 4 is 33.3 Å². The van der Waals surface area contributed by atoms with E-state index in [2.05, 4.69) is 72.4 Å². The number of aromatic nitrogens is 6. The highest BCUT2D eigenvalue weighted by molar-refractivity contribution is 5.99. The Balaban J connectivity index is 1.41. The van der Waals surface area contributed by atoms with E-state index in [1.807, 2.05) is 31.0 Å². The molecule has 34 heavy (non-hydrogen) atoms. The lowest BCUT2D eigenvalue weighted by atomic mass is 10.1. The molecule has 8 nitrogen and oxygen atoms in total. The van der Waals surface area contributed by atoms with Gasteiger partial charge < -0.3 is 15.2 Å². The van der Waals surface area contributed by atoms with Crippen LogP contribution in [0.1, 0.15) is 33.1 Å². The molecule has 172 valence electrons. The van der Waals surface area contributed by atoms with Crippen LogP contribution in [-0.2, 0) is 0 Å². The van der Waals surface area contributed by atoms with E-state index in [0.29, 0.717) is 11.7 Å². The molecule has 1 aliphatic rings. The fourth-order valence-electron chi connectivity index (χ4n) is 4.83. The van der Waals surface area contributed by atoms with Crippen molar-refractivity contribution in [3.63, 3.8) is 0 Å². The smallest absolute Gasteiger partial charge is 0.181 e. The predicted octanol–water partition coefficient (Wildman–Crippen LogP) is 5.37. The monoisotopic (exact) mass is 452 g/mol. The molecule has 0 radical (unpaired) electrons. The first-order valence-electron chi connectivity index (χ1n) is 11.9. The minimum Gasteiger partial charge on any atom is -0.382 e. The molecular formula is C26H28N8. The van der Waals surface area contributed by atoms with Crippen LogP contribution in [0.2, 0.25) is 0 Å². The van der Waals surface area contributed by atoms with E-state index in [9.17, 15) is 0 Å². The van der Waals surface area contributed by atoms with Gasteiger partial charge in [-0.25, -0.2) is 4.98 Å². The van der Waals surface area contributed by atoms with E-state index in [1.165, 1.54) is 30.3 Å². The molecule has 0 atom stereocenters. The van der Waals surface area contributed by atoms with E-state index in [1.54, 1.807) is 0 Å². The summed E-state index contributed by atoms with van der Waals surface area (Å²) >= 11 is 0. The summed E-state index contributed by atoms with van der Waals surface area (Å²) in [5.74, 6) is 0. The van der Waals surface area contributed by atoms with Gasteiger partial charge in [0.2, 0.25) is 0 Å². The molecular weight excluding hydrogens is 424 g/mol. The van der Waals surface area contributed by atoms with Gasteiger partial charge >= 0.3 is 0 Å². The first-order chi connectivity index (χ1) is 16.7.